The lowest BCUT2D eigenvalue weighted by Gasteiger charge is -2.35. The molecule has 0 radical (unpaired) electrons. The third-order valence-electron chi connectivity index (χ3n) is 7.50. The van der Waals surface area contributed by atoms with E-state index in [0.29, 0.717) is 16.8 Å². The predicted molar refractivity (Wildman–Crippen MR) is 163 cm³/mol. The summed E-state index contributed by atoms with van der Waals surface area (Å²) in [5.41, 5.74) is 2.45. The van der Waals surface area contributed by atoms with Crippen molar-refractivity contribution in [2.75, 3.05) is 37.9 Å². The first-order valence-electron chi connectivity index (χ1n) is 14.8. The van der Waals surface area contributed by atoms with Crippen molar-refractivity contribution in [1.29, 1.82) is 0 Å². The molecule has 0 aliphatic carbocycles. The Morgan fingerprint density at radius 1 is 0.900 bits per heavy atom. The number of nitrogens with one attached hydrogen (secondary N) is 1. The van der Waals surface area contributed by atoms with Crippen molar-refractivity contribution >= 4 is 24.9 Å². The molecule has 2 rings (SSSR count). The predicted octanol–water partition coefficient (Wildman–Crippen LogP) is 7.35. The maximum absolute atomic E-state index is 13.8. The van der Waals surface area contributed by atoms with E-state index in [4.69, 9.17) is 9.47 Å². The molecule has 9 heteroatoms. The molecule has 0 aromatic heterocycles. The summed E-state index contributed by atoms with van der Waals surface area (Å²) >= 11 is 0. The Morgan fingerprint density at radius 2 is 1.43 bits per heavy atom. The maximum atomic E-state index is 13.8. The minimum absolute atomic E-state index is 0.0997. The topological polar surface area (TPSA) is 108 Å². The second-order valence-electron chi connectivity index (χ2n) is 10.5. The number of esters is 2. The number of non-ortho nitro benzene ring substituents is 1. The summed E-state index contributed by atoms with van der Waals surface area (Å²) in [5.74, 6) is -1.89. The molecule has 0 fully saturated rings. The number of nitrogens with zero attached hydrogens (tertiary/aromatic N) is 1. The van der Waals surface area contributed by atoms with E-state index in [2.05, 4.69) is 26.1 Å². The average Bonchev–Trinajstić information content (AvgIpc) is 2.93. The van der Waals surface area contributed by atoms with E-state index in [1.165, 1.54) is 12.1 Å². The van der Waals surface area contributed by atoms with Crippen LogP contribution in [-0.4, -0.2) is 54.7 Å². The maximum Gasteiger partial charge on any atom is 0.336 e. The second-order valence-corrected chi connectivity index (χ2v) is 14.9. The number of dihydropyridines is 1. The van der Waals surface area contributed by atoms with E-state index in [0.717, 1.165) is 68.9 Å². The molecule has 1 aliphatic heterocycles. The van der Waals surface area contributed by atoms with Gasteiger partial charge in [0.15, 0.2) is 0 Å². The lowest BCUT2D eigenvalue weighted by Crippen LogP contribution is -2.35. The van der Waals surface area contributed by atoms with E-state index in [9.17, 15) is 19.7 Å². The van der Waals surface area contributed by atoms with Crippen molar-refractivity contribution in [3.05, 3.63) is 62.5 Å². The first-order chi connectivity index (χ1) is 19.2. The summed E-state index contributed by atoms with van der Waals surface area (Å²) in [6.07, 6.45) is 11.0. The quantitative estimate of drug-likeness (QED) is 0.0895. The van der Waals surface area contributed by atoms with Crippen molar-refractivity contribution in [2.45, 2.75) is 86.0 Å². The monoisotopic (exact) mass is 575 g/mol. The van der Waals surface area contributed by atoms with Crippen molar-refractivity contribution in [2.24, 2.45) is 0 Å². The van der Waals surface area contributed by atoms with Gasteiger partial charge in [0, 0.05) is 25.1 Å². The molecule has 8 nitrogen and oxygen atoms in total. The standard InChI is InChI=1S/C31H47N2O6P/c1-7-12-18-40(19-13-8-2,20-14-9-3)22-26-29(31(35)39-11-5)28(24-16-15-17-25(21-24)33(36)37)27(23(6)32-26)30(34)38-10-4/h15-17,21,28H,7-14,18-20,22H2,1-6H3/p+1. The third-order valence-corrected chi connectivity index (χ3v) is 12.3. The van der Waals surface area contributed by atoms with Crippen LogP contribution in [0.4, 0.5) is 5.69 Å². The number of carbonyl (C=O) groups is 2. The summed E-state index contributed by atoms with van der Waals surface area (Å²) < 4.78 is 11.0. The zero-order valence-electron chi connectivity index (χ0n) is 25.2. The van der Waals surface area contributed by atoms with Crippen molar-refractivity contribution in [3.63, 3.8) is 0 Å². The number of carbonyl (C=O) groups excluding carboxylic acids is 2. The largest absolute Gasteiger partial charge is 0.463 e. The number of rotatable bonds is 17. The highest BCUT2D eigenvalue weighted by molar-refractivity contribution is 7.76. The second kappa shape index (κ2) is 16.5. The van der Waals surface area contributed by atoms with Crippen LogP contribution in [0.5, 0.6) is 0 Å². The van der Waals surface area contributed by atoms with Gasteiger partial charge in [-0.15, -0.1) is 0 Å². The van der Waals surface area contributed by atoms with Crippen LogP contribution in [0.25, 0.3) is 0 Å². The van der Waals surface area contributed by atoms with Gasteiger partial charge >= 0.3 is 11.9 Å². The Balaban J connectivity index is 2.84. The van der Waals surface area contributed by atoms with Crippen LogP contribution in [0.2, 0.25) is 0 Å². The Kier molecular flexibility index (Phi) is 13.8. The molecule has 222 valence electrons. The molecule has 0 bridgehead atoms. The van der Waals surface area contributed by atoms with Gasteiger partial charge in [-0.1, -0.05) is 52.2 Å². The lowest BCUT2D eigenvalue weighted by molar-refractivity contribution is -0.384. The average molecular weight is 576 g/mol. The van der Waals surface area contributed by atoms with E-state index in [1.54, 1.807) is 26.0 Å². The molecule has 1 atom stereocenters. The van der Waals surface area contributed by atoms with Gasteiger partial charge < -0.3 is 14.8 Å². The minimum atomic E-state index is -1.51. The van der Waals surface area contributed by atoms with Gasteiger partial charge in [0.05, 0.1) is 65.5 Å². The van der Waals surface area contributed by atoms with Gasteiger partial charge in [0.2, 0.25) is 0 Å². The summed E-state index contributed by atoms with van der Waals surface area (Å²) in [6, 6.07) is 6.20. The Labute approximate surface area is 240 Å². The lowest BCUT2D eigenvalue weighted by atomic mass is 9.80. The van der Waals surface area contributed by atoms with Crippen LogP contribution >= 0.6 is 7.26 Å². The summed E-state index contributed by atoms with van der Waals surface area (Å²) in [5, 5.41) is 15.1. The van der Waals surface area contributed by atoms with Gasteiger partial charge in [0.25, 0.3) is 5.69 Å². The van der Waals surface area contributed by atoms with Crippen LogP contribution in [0.3, 0.4) is 0 Å². The summed E-state index contributed by atoms with van der Waals surface area (Å²) in [4.78, 5) is 38.3. The van der Waals surface area contributed by atoms with E-state index < -0.39 is 30.0 Å². The number of hydrogen-bond acceptors (Lipinski definition) is 7. The Hall–Kier alpha value is -2.73. The van der Waals surface area contributed by atoms with Crippen LogP contribution < -0.4 is 5.32 Å². The van der Waals surface area contributed by atoms with Crippen molar-refractivity contribution in [1.82, 2.24) is 5.32 Å². The number of nitro benzene ring substituents is 1. The van der Waals surface area contributed by atoms with Crippen LogP contribution in [-0.2, 0) is 19.1 Å². The van der Waals surface area contributed by atoms with Crippen LogP contribution in [0, 0.1) is 10.1 Å². The summed E-state index contributed by atoms with van der Waals surface area (Å²) in [6.45, 7) is 12.3. The number of nitro groups is 1. The highest BCUT2D eigenvalue weighted by Crippen LogP contribution is 2.62. The zero-order valence-corrected chi connectivity index (χ0v) is 26.1. The van der Waals surface area contributed by atoms with Crippen LogP contribution in [0.1, 0.15) is 91.5 Å². The van der Waals surface area contributed by atoms with Crippen molar-refractivity contribution < 1.29 is 24.0 Å². The molecule has 0 spiro atoms. The van der Waals surface area contributed by atoms with Gasteiger partial charge in [-0.3, -0.25) is 10.1 Å². The van der Waals surface area contributed by atoms with Gasteiger partial charge in [0.1, 0.15) is 0 Å². The number of benzene rings is 1. The highest BCUT2D eigenvalue weighted by atomic mass is 31.2. The molecule has 1 unspecified atom stereocenters. The molecule has 0 amide bonds. The van der Waals surface area contributed by atoms with Gasteiger partial charge in [-0.25, -0.2) is 9.59 Å². The minimum Gasteiger partial charge on any atom is -0.463 e. The molecule has 1 aromatic rings. The number of hydrogen-bond donors (Lipinski definition) is 1. The third kappa shape index (κ3) is 8.63. The summed E-state index contributed by atoms with van der Waals surface area (Å²) in [7, 11) is -1.51. The van der Waals surface area contributed by atoms with E-state index in [1.807, 2.05) is 6.92 Å². The number of unbranched alkanes of at least 4 members (excludes halogenated alkanes) is 3. The van der Waals surface area contributed by atoms with Crippen LogP contribution in [0.15, 0.2) is 46.8 Å². The molecule has 0 saturated carbocycles. The normalized spacial score (nSPS) is 15.6. The number of allylic oxidation sites excluding steroid dienone is 2. The molecule has 1 heterocycles. The van der Waals surface area contributed by atoms with Gasteiger partial charge in [-0.2, -0.15) is 0 Å². The molecule has 40 heavy (non-hydrogen) atoms. The molecule has 0 saturated heterocycles. The van der Waals surface area contributed by atoms with Gasteiger partial charge in [-0.05, 0) is 45.6 Å². The molecular formula is C31H48N2O6P+. The smallest absolute Gasteiger partial charge is 0.336 e. The first-order valence-corrected chi connectivity index (χ1v) is 17.4. The fourth-order valence-corrected chi connectivity index (χ4v) is 10.5. The van der Waals surface area contributed by atoms with E-state index in [-0.39, 0.29) is 24.5 Å². The Morgan fingerprint density at radius 3 is 1.90 bits per heavy atom. The van der Waals surface area contributed by atoms with Crippen molar-refractivity contribution in [3.8, 4) is 0 Å². The SMILES string of the molecule is CCCC[P+](CCCC)(CCCC)CC1=C(C(=O)OCC)C(c2cccc([N+](=O)[O-])c2)C(C(=O)OCC)=C(C)N1. The molecule has 1 N–H and O–H groups in total. The number of ether oxygens (including phenoxy) is 2. The molecule has 1 aliphatic rings. The first kappa shape index (κ1) is 33.5. The van der Waals surface area contributed by atoms with E-state index >= 15 is 0 Å². The zero-order chi connectivity index (χ0) is 29.7. The fraction of sp³-hybridized carbons (Fsp3) is 0.613. The highest BCUT2D eigenvalue weighted by Gasteiger charge is 2.44. The fourth-order valence-electron chi connectivity index (χ4n) is 5.49. The molecule has 1 aromatic carbocycles. The molecular weight excluding hydrogens is 527 g/mol. The Bertz CT molecular complexity index is 1080.